The van der Waals surface area contributed by atoms with Crippen molar-refractivity contribution >= 4 is 5.78 Å². The smallest absolute Gasteiger partial charge is 0.189 e. The van der Waals surface area contributed by atoms with Gasteiger partial charge in [-0.05, 0) is 6.42 Å². The van der Waals surface area contributed by atoms with Crippen molar-refractivity contribution in [1.29, 1.82) is 0 Å². The average molecular weight is 178 g/mol. The van der Waals surface area contributed by atoms with Crippen LogP contribution in [0.4, 0.5) is 0 Å². The van der Waals surface area contributed by atoms with Gasteiger partial charge in [0.15, 0.2) is 5.78 Å². The predicted molar refractivity (Wildman–Crippen MR) is 40.4 cm³/mol. The van der Waals surface area contributed by atoms with E-state index in [1.807, 2.05) is 0 Å². The summed E-state index contributed by atoms with van der Waals surface area (Å²) in [6.45, 7) is 0.763. The van der Waals surface area contributed by atoms with Crippen molar-refractivity contribution in [1.82, 2.24) is 0 Å². The molecule has 72 valence electrons. The Morgan fingerprint density at radius 3 is 2.17 bits per heavy atom. The second-order valence-corrected chi connectivity index (χ2v) is 2.54. The second kappa shape index (κ2) is 5.21. The fourth-order valence-electron chi connectivity index (χ4n) is 0.736. The maximum absolute atomic E-state index is 10.6. The molecule has 0 fully saturated rings. The van der Waals surface area contributed by atoms with Gasteiger partial charge in [-0.25, -0.2) is 0 Å². The Kier molecular flexibility index (Phi) is 5.00. The molecule has 0 aliphatic rings. The second-order valence-electron chi connectivity index (χ2n) is 2.54. The first-order valence-electron chi connectivity index (χ1n) is 3.72. The van der Waals surface area contributed by atoms with Crippen LogP contribution in [0.2, 0.25) is 0 Å². The number of hydrogen-bond donors (Lipinski definition) is 4. The van der Waals surface area contributed by atoms with E-state index in [1.54, 1.807) is 6.92 Å². The van der Waals surface area contributed by atoms with E-state index in [4.69, 9.17) is 20.4 Å². The van der Waals surface area contributed by atoms with Crippen LogP contribution < -0.4 is 0 Å². The quantitative estimate of drug-likeness (QED) is 0.392. The highest BCUT2D eigenvalue weighted by molar-refractivity contribution is 5.84. The van der Waals surface area contributed by atoms with E-state index in [0.29, 0.717) is 0 Å². The SMILES string of the molecule is CCC(O)C(O)C(O)C(=O)CO. The largest absolute Gasteiger partial charge is 0.390 e. The van der Waals surface area contributed by atoms with E-state index in [2.05, 4.69) is 0 Å². The van der Waals surface area contributed by atoms with Gasteiger partial charge in [0, 0.05) is 0 Å². The van der Waals surface area contributed by atoms with Crippen LogP contribution in [0.1, 0.15) is 13.3 Å². The van der Waals surface area contributed by atoms with Crippen molar-refractivity contribution < 1.29 is 25.2 Å². The lowest BCUT2D eigenvalue weighted by molar-refractivity contribution is -0.141. The standard InChI is InChI=1S/C7H14O5/c1-2-4(9)6(11)7(12)5(10)3-8/h4,6-9,11-12H,2-3H2,1H3. The molecule has 5 heteroatoms. The van der Waals surface area contributed by atoms with Crippen LogP contribution in [0.3, 0.4) is 0 Å². The molecule has 0 bridgehead atoms. The molecule has 0 aromatic carbocycles. The molecule has 5 nitrogen and oxygen atoms in total. The Hall–Kier alpha value is -0.490. The zero-order chi connectivity index (χ0) is 9.72. The summed E-state index contributed by atoms with van der Waals surface area (Å²) in [6.07, 6.45) is -4.13. The highest BCUT2D eigenvalue weighted by Gasteiger charge is 2.28. The van der Waals surface area contributed by atoms with Gasteiger partial charge in [-0.2, -0.15) is 0 Å². The molecule has 0 radical (unpaired) electrons. The van der Waals surface area contributed by atoms with Gasteiger partial charge >= 0.3 is 0 Å². The number of aliphatic hydroxyl groups excluding tert-OH is 4. The molecule has 0 aliphatic heterocycles. The summed E-state index contributed by atoms with van der Waals surface area (Å²) in [5.74, 6) is -0.894. The highest BCUT2D eigenvalue weighted by Crippen LogP contribution is 2.04. The summed E-state index contributed by atoms with van der Waals surface area (Å²) in [5, 5.41) is 35.3. The normalized spacial score (nSPS) is 18.4. The average Bonchev–Trinajstić information content (AvgIpc) is 2.12. The number of hydrogen-bond acceptors (Lipinski definition) is 5. The molecule has 12 heavy (non-hydrogen) atoms. The molecule has 0 saturated heterocycles. The first kappa shape index (κ1) is 11.5. The first-order valence-corrected chi connectivity index (χ1v) is 3.72. The van der Waals surface area contributed by atoms with Gasteiger partial charge in [-0.3, -0.25) is 4.79 Å². The van der Waals surface area contributed by atoms with Crippen molar-refractivity contribution in [2.45, 2.75) is 31.7 Å². The van der Waals surface area contributed by atoms with E-state index < -0.39 is 30.7 Å². The molecule has 0 heterocycles. The number of Topliss-reactive ketones (excluding diaryl/α,β-unsaturated/α-hetero) is 1. The fraction of sp³-hybridized carbons (Fsp3) is 0.857. The predicted octanol–water partition coefficient (Wildman–Crippen LogP) is -1.96. The van der Waals surface area contributed by atoms with Crippen molar-refractivity contribution in [3.05, 3.63) is 0 Å². The number of rotatable bonds is 5. The van der Waals surface area contributed by atoms with Crippen LogP contribution in [-0.2, 0) is 4.79 Å². The molecule has 0 amide bonds. The van der Waals surface area contributed by atoms with Crippen LogP contribution in [0.25, 0.3) is 0 Å². The minimum absolute atomic E-state index is 0.233. The molecule has 0 aromatic heterocycles. The van der Waals surface area contributed by atoms with Crippen LogP contribution in [-0.4, -0.2) is 51.1 Å². The maximum Gasteiger partial charge on any atom is 0.189 e. The lowest BCUT2D eigenvalue weighted by Crippen LogP contribution is -2.43. The van der Waals surface area contributed by atoms with Gasteiger partial charge in [0.2, 0.25) is 0 Å². The molecule has 0 aliphatic carbocycles. The van der Waals surface area contributed by atoms with Crippen LogP contribution in [0.15, 0.2) is 0 Å². The Labute approximate surface area is 70.3 Å². The molecular weight excluding hydrogens is 164 g/mol. The summed E-state index contributed by atoms with van der Waals surface area (Å²) >= 11 is 0. The Bertz CT molecular complexity index is 147. The molecule has 4 N–H and O–H groups in total. The summed E-state index contributed by atoms with van der Waals surface area (Å²) in [4.78, 5) is 10.6. The van der Waals surface area contributed by atoms with Crippen molar-refractivity contribution in [3.8, 4) is 0 Å². The van der Waals surface area contributed by atoms with Crippen LogP contribution in [0, 0.1) is 0 Å². The summed E-state index contributed by atoms with van der Waals surface area (Å²) < 4.78 is 0. The molecule has 3 atom stereocenters. The topological polar surface area (TPSA) is 98.0 Å². The lowest BCUT2D eigenvalue weighted by Gasteiger charge is -2.19. The van der Waals surface area contributed by atoms with E-state index >= 15 is 0 Å². The van der Waals surface area contributed by atoms with E-state index in [-0.39, 0.29) is 6.42 Å². The van der Waals surface area contributed by atoms with E-state index in [1.165, 1.54) is 0 Å². The zero-order valence-corrected chi connectivity index (χ0v) is 6.84. The third-order valence-corrected chi connectivity index (χ3v) is 1.62. The Morgan fingerprint density at radius 1 is 1.33 bits per heavy atom. The summed E-state index contributed by atoms with van der Waals surface area (Å²) in [7, 11) is 0. The molecule has 0 saturated carbocycles. The van der Waals surface area contributed by atoms with Gasteiger partial charge < -0.3 is 20.4 Å². The van der Waals surface area contributed by atoms with Crippen molar-refractivity contribution in [2.75, 3.05) is 6.61 Å². The third-order valence-electron chi connectivity index (χ3n) is 1.62. The fourth-order valence-corrected chi connectivity index (χ4v) is 0.736. The van der Waals surface area contributed by atoms with Gasteiger partial charge in [0.05, 0.1) is 6.10 Å². The number of carbonyl (C=O) groups excluding carboxylic acids is 1. The first-order chi connectivity index (χ1) is 5.54. The molecule has 3 unspecified atom stereocenters. The summed E-state index contributed by atoms with van der Waals surface area (Å²) in [6, 6.07) is 0. The minimum Gasteiger partial charge on any atom is -0.390 e. The molecular formula is C7H14O5. The van der Waals surface area contributed by atoms with Gasteiger partial charge in [-0.15, -0.1) is 0 Å². The molecule has 0 aromatic rings. The monoisotopic (exact) mass is 178 g/mol. The van der Waals surface area contributed by atoms with Gasteiger partial charge in [-0.1, -0.05) is 6.92 Å². The van der Waals surface area contributed by atoms with Crippen molar-refractivity contribution in [3.63, 3.8) is 0 Å². The zero-order valence-electron chi connectivity index (χ0n) is 6.84. The Morgan fingerprint density at radius 2 is 1.83 bits per heavy atom. The van der Waals surface area contributed by atoms with E-state index in [9.17, 15) is 4.79 Å². The van der Waals surface area contributed by atoms with Gasteiger partial charge in [0.25, 0.3) is 0 Å². The van der Waals surface area contributed by atoms with Crippen LogP contribution >= 0.6 is 0 Å². The van der Waals surface area contributed by atoms with E-state index in [0.717, 1.165) is 0 Å². The Balaban J connectivity index is 4.08. The van der Waals surface area contributed by atoms with Crippen LogP contribution in [0.5, 0.6) is 0 Å². The summed E-state index contributed by atoms with van der Waals surface area (Å²) in [5.41, 5.74) is 0. The lowest BCUT2D eigenvalue weighted by atomic mass is 10.0. The molecule has 0 spiro atoms. The number of aliphatic hydroxyl groups is 4. The molecule has 0 rings (SSSR count). The highest BCUT2D eigenvalue weighted by atomic mass is 16.4. The van der Waals surface area contributed by atoms with Crippen molar-refractivity contribution in [2.24, 2.45) is 0 Å². The number of carbonyl (C=O) groups is 1. The third kappa shape index (κ3) is 2.86. The minimum atomic E-state index is -1.70. The maximum atomic E-state index is 10.6. The number of ketones is 1. The van der Waals surface area contributed by atoms with Gasteiger partial charge in [0.1, 0.15) is 18.8 Å².